The average molecular weight is 445 g/mol. The lowest BCUT2D eigenvalue weighted by Crippen LogP contribution is -2.35. The molecule has 0 aliphatic heterocycles. The predicted octanol–water partition coefficient (Wildman–Crippen LogP) is 4.45. The highest BCUT2D eigenvalue weighted by molar-refractivity contribution is 7.22. The van der Waals surface area contributed by atoms with Crippen molar-refractivity contribution < 1.29 is 9.21 Å². The topological polar surface area (TPSA) is 81.2 Å². The third kappa shape index (κ3) is 3.69. The van der Waals surface area contributed by atoms with Gasteiger partial charge in [0.1, 0.15) is 6.54 Å². The summed E-state index contributed by atoms with van der Waals surface area (Å²) in [6.45, 7) is 4.16. The molecule has 0 radical (unpaired) electrons. The first-order chi connectivity index (χ1) is 15.5. The van der Waals surface area contributed by atoms with Crippen molar-refractivity contribution in [3.05, 3.63) is 88.2 Å². The van der Waals surface area contributed by atoms with Gasteiger partial charge in [-0.3, -0.25) is 19.2 Å². The van der Waals surface area contributed by atoms with Crippen LogP contribution in [0.5, 0.6) is 0 Å². The minimum Gasteiger partial charge on any atom is -0.408 e. The lowest BCUT2D eigenvalue weighted by molar-refractivity contribution is -0.119. The Bertz CT molecular complexity index is 1500. The Hall–Kier alpha value is -3.78. The van der Waals surface area contributed by atoms with Crippen molar-refractivity contribution in [3.63, 3.8) is 0 Å². The zero-order valence-electron chi connectivity index (χ0n) is 17.6. The average Bonchev–Trinajstić information content (AvgIpc) is 3.34. The van der Waals surface area contributed by atoms with Crippen LogP contribution in [0.25, 0.3) is 21.3 Å². The van der Waals surface area contributed by atoms with Crippen molar-refractivity contribution in [1.29, 1.82) is 0 Å². The maximum atomic E-state index is 13.5. The van der Waals surface area contributed by atoms with Crippen LogP contribution in [0.4, 0.5) is 5.13 Å². The van der Waals surface area contributed by atoms with E-state index >= 15 is 0 Å². The number of carbonyl (C=O) groups excluding carboxylic acids is 1. The molecular weight excluding hydrogens is 424 g/mol. The summed E-state index contributed by atoms with van der Waals surface area (Å²) in [5, 5.41) is 0.574. The van der Waals surface area contributed by atoms with Gasteiger partial charge < -0.3 is 4.42 Å². The molecule has 0 unspecified atom stereocenters. The van der Waals surface area contributed by atoms with E-state index in [1.54, 1.807) is 29.3 Å². The number of para-hydroxylation sites is 2. The summed E-state index contributed by atoms with van der Waals surface area (Å²) in [4.78, 5) is 36.6. The quantitative estimate of drug-likeness (QED) is 0.400. The number of pyridine rings is 1. The molecule has 0 aliphatic rings. The van der Waals surface area contributed by atoms with E-state index in [9.17, 15) is 9.59 Å². The molecule has 3 aromatic heterocycles. The Morgan fingerprint density at radius 2 is 1.94 bits per heavy atom. The summed E-state index contributed by atoms with van der Waals surface area (Å²) in [6.07, 6.45) is 1.69. The van der Waals surface area contributed by atoms with E-state index in [4.69, 9.17) is 9.40 Å². The van der Waals surface area contributed by atoms with Crippen LogP contribution in [0.3, 0.4) is 0 Å². The second-order valence-corrected chi connectivity index (χ2v) is 8.63. The maximum absolute atomic E-state index is 13.5. The molecule has 0 spiro atoms. The number of benzene rings is 2. The molecule has 0 aliphatic carbocycles. The van der Waals surface area contributed by atoms with Crippen LogP contribution >= 0.6 is 11.3 Å². The van der Waals surface area contributed by atoms with Crippen molar-refractivity contribution in [2.75, 3.05) is 4.90 Å². The van der Waals surface area contributed by atoms with Crippen LogP contribution in [0.1, 0.15) is 16.8 Å². The maximum Gasteiger partial charge on any atom is 0.420 e. The number of aromatic nitrogens is 3. The molecule has 0 atom stereocenters. The summed E-state index contributed by atoms with van der Waals surface area (Å²) in [5.74, 6) is -0.828. The third-order valence-corrected chi connectivity index (χ3v) is 6.48. The standard InChI is InChI=1S/C24H20N4O3S/c1-15-11-16(2)22-18(12-15)26-23(32-22)28(13-17-7-5-6-10-25-17)21(29)14-27-19-8-3-4-9-20(19)31-24(27)30/h3-12H,13-14H2,1-2H3. The molecule has 5 aromatic rings. The largest absolute Gasteiger partial charge is 0.420 e. The highest BCUT2D eigenvalue weighted by Crippen LogP contribution is 2.33. The van der Waals surface area contributed by atoms with E-state index in [1.165, 1.54) is 15.9 Å². The number of amides is 1. The molecule has 0 bridgehead atoms. The number of rotatable bonds is 5. The van der Waals surface area contributed by atoms with Crippen LogP contribution in [0.15, 0.2) is 70.0 Å². The van der Waals surface area contributed by atoms with E-state index in [0.717, 1.165) is 27.0 Å². The Balaban J connectivity index is 1.56. The molecule has 0 saturated heterocycles. The predicted molar refractivity (Wildman–Crippen MR) is 125 cm³/mol. The Labute approximate surface area is 187 Å². The number of fused-ring (bicyclic) bond motifs is 2. The summed E-state index contributed by atoms with van der Waals surface area (Å²) >= 11 is 1.46. The normalized spacial score (nSPS) is 11.3. The number of thiazole rings is 1. The van der Waals surface area contributed by atoms with E-state index in [-0.39, 0.29) is 19.0 Å². The highest BCUT2D eigenvalue weighted by atomic mass is 32.1. The number of oxazole rings is 1. The zero-order valence-corrected chi connectivity index (χ0v) is 18.4. The fourth-order valence-corrected chi connectivity index (χ4v) is 4.81. The van der Waals surface area contributed by atoms with E-state index in [1.807, 2.05) is 44.2 Å². The number of aryl methyl sites for hydroxylation is 2. The number of nitrogens with zero attached hydrogens (tertiary/aromatic N) is 4. The van der Waals surface area contributed by atoms with Crippen molar-refractivity contribution in [1.82, 2.24) is 14.5 Å². The lowest BCUT2D eigenvalue weighted by atomic mass is 10.1. The molecule has 160 valence electrons. The van der Waals surface area contributed by atoms with Crippen LogP contribution in [-0.2, 0) is 17.9 Å². The van der Waals surface area contributed by atoms with E-state index in [0.29, 0.717) is 16.2 Å². The van der Waals surface area contributed by atoms with Gasteiger partial charge in [-0.05, 0) is 55.3 Å². The minimum atomic E-state index is -0.562. The molecule has 1 amide bonds. The molecule has 0 N–H and O–H groups in total. The fraction of sp³-hybridized carbons (Fsp3) is 0.167. The number of hydrogen-bond acceptors (Lipinski definition) is 6. The zero-order chi connectivity index (χ0) is 22.2. The Morgan fingerprint density at radius 3 is 2.75 bits per heavy atom. The van der Waals surface area contributed by atoms with Gasteiger partial charge in [0.2, 0.25) is 5.91 Å². The molecule has 3 heterocycles. The second kappa shape index (κ2) is 8.05. The Morgan fingerprint density at radius 1 is 1.12 bits per heavy atom. The number of anilines is 1. The van der Waals surface area contributed by atoms with Gasteiger partial charge in [0.15, 0.2) is 10.7 Å². The molecule has 2 aromatic carbocycles. The van der Waals surface area contributed by atoms with Gasteiger partial charge in [-0.2, -0.15) is 0 Å². The molecule has 0 fully saturated rings. The van der Waals surface area contributed by atoms with Crippen molar-refractivity contribution in [2.24, 2.45) is 0 Å². The molecule has 7 nitrogen and oxygen atoms in total. The summed E-state index contributed by atoms with van der Waals surface area (Å²) in [6, 6.07) is 16.8. The highest BCUT2D eigenvalue weighted by Gasteiger charge is 2.23. The first-order valence-corrected chi connectivity index (χ1v) is 11.0. The SMILES string of the molecule is Cc1cc(C)c2sc(N(Cc3ccccn3)C(=O)Cn3c(=O)oc4ccccc43)nc2c1. The van der Waals surface area contributed by atoms with Crippen LogP contribution in [0.2, 0.25) is 0 Å². The van der Waals surface area contributed by atoms with Gasteiger partial charge in [0, 0.05) is 6.20 Å². The first kappa shape index (κ1) is 20.1. The smallest absolute Gasteiger partial charge is 0.408 e. The molecular formula is C24H20N4O3S. The van der Waals surface area contributed by atoms with Crippen molar-refractivity contribution in [2.45, 2.75) is 26.9 Å². The molecule has 8 heteroatoms. The fourth-order valence-electron chi connectivity index (χ4n) is 3.78. The van der Waals surface area contributed by atoms with Gasteiger partial charge in [0.25, 0.3) is 0 Å². The van der Waals surface area contributed by atoms with Crippen LogP contribution in [0, 0.1) is 13.8 Å². The van der Waals surface area contributed by atoms with Gasteiger partial charge >= 0.3 is 5.76 Å². The lowest BCUT2D eigenvalue weighted by Gasteiger charge is -2.19. The second-order valence-electron chi connectivity index (χ2n) is 7.65. The molecule has 0 saturated carbocycles. The van der Waals surface area contributed by atoms with Crippen LogP contribution in [-0.4, -0.2) is 20.4 Å². The monoisotopic (exact) mass is 444 g/mol. The number of hydrogen-bond donors (Lipinski definition) is 0. The third-order valence-electron chi connectivity index (χ3n) is 5.25. The van der Waals surface area contributed by atoms with E-state index < -0.39 is 5.76 Å². The first-order valence-electron chi connectivity index (χ1n) is 10.2. The van der Waals surface area contributed by atoms with Crippen molar-refractivity contribution in [3.8, 4) is 0 Å². The van der Waals surface area contributed by atoms with Gasteiger partial charge in [-0.15, -0.1) is 0 Å². The minimum absolute atomic E-state index is 0.156. The van der Waals surface area contributed by atoms with Crippen molar-refractivity contribution >= 4 is 43.7 Å². The Kier molecular flexibility index (Phi) is 5.07. The summed E-state index contributed by atoms with van der Waals surface area (Å²) < 4.78 is 7.68. The molecule has 5 rings (SSSR count). The van der Waals surface area contributed by atoms with Gasteiger partial charge in [-0.25, -0.2) is 9.78 Å². The van der Waals surface area contributed by atoms with Gasteiger partial charge in [0.05, 0.1) is 28.0 Å². The summed E-state index contributed by atoms with van der Waals surface area (Å²) in [7, 11) is 0. The van der Waals surface area contributed by atoms with E-state index in [2.05, 4.69) is 11.1 Å². The summed E-state index contributed by atoms with van der Waals surface area (Å²) in [5.41, 5.74) is 4.86. The van der Waals surface area contributed by atoms with Crippen LogP contribution < -0.4 is 10.7 Å². The number of carbonyl (C=O) groups is 1. The molecule has 32 heavy (non-hydrogen) atoms. The van der Waals surface area contributed by atoms with Gasteiger partial charge in [-0.1, -0.05) is 35.6 Å².